The molecule has 96 valence electrons. The third kappa shape index (κ3) is 2.42. The number of anilines is 1. The molecule has 2 rings (SSSR count). The third-order valence-corrected chi connectivity index (χ3v) is 3.19. The molecule has 1 aliphatic heterocycles. The van der Waals surface area contributed by atoms with Crippen molar-refractivity contribution in [3.8, 4) is 0 Å². The lowest BCUT2D eigenvalue weighted by Gasteiger charge is -2.32. The van der Waals surface area contributed by atoms with Gasteiger partial charge in [-0.2, -0.15) is 0 Å². The summed E-state index contributed by atoms with van der Waals surface area (Å²) in [6, 6.07) is 6.45. The fourth-order valence-corrected chi connectivity index (χ4v) is 2.28. The number of carboxylic acids is 1. The van der Waals surface area contributed by atoms with Gasteiger partial charge in [0.2, 0.25) is 0 Å². The minimum atomic E-state index is -0.835. The highest BCUT2D eigenvalue weighted by Gasteiger charge is 2.28. The normalized spacial score (nSPS) is 19.6. The predicted molar refractivity (Wildman–Crippen MR) is 65.7 cm³/mol. The first-order chi connectivity index (χ1) is 8.59. The molecule has 1 fully saturated rings. The molecule has 0 aromatic heterocycles. The molecular weight excluding hydrogens is 236 g/mol. The van der Waals surface area contributed by atoms with Gasteiger partial charge in [-0.3, -0.25) is 14.9 Å². The maximum atomic E-state index is 11.0. The monoisotopic (exact) mass is 250 g/mol. The van der Waals surface area contributed by atoms with Gasteiger partial charge < -0.3 is 10.0 Å². The van der Waals surface area contributed by atoms with E-state index in [0.717, 1.165) is 6.42 Å². The summed E-state index contributed by atoms with van der Waals surface area (Å²) >= 11 is 0. The quantitative estimate of drug-likeness (QED) is 0.654. The number of rotatable bonds is 3. The zero-order valence-electron chi connectivity index (χ0n) is 9.78. The number of benzene rings is 1. The van der Waals surface area contributed by atoms with Gasteiger partial charge in [-0.25, -0.2) is 0 Å². The third-order valence-electron chi connectivity index (χ3n) is 3.19. The van der Waals surface area contributed by atoms with Crippen LogP contribution < -0.4 is 4.90 Å². The van der Waals surface area contributed by atoms with Crippen molar-refractivity contribution in [1.29, 1.82) is 0 Å². The molecule has 1 aromatic rings. The molecular formula is C12H14N2O4. The molecule has 0 saturated carbocycles. The molecule has 0 unspecified atom stereocenters. The minimum absolute atomic E-state index is 0.0311. The van der Waals surface area contributed by atoms with Crippen molar-refractivity contribution in [1.82, 2.24) is 0 Å². The number of para-hydroxylation sites is 2. The highest BCUT2D eigenvalue weighted by Crippen LogP contribution is 2.31. The zero-order valence-corrected chi connectivity index (χ0v) is 9.78. The van der Waals surface area contributed by atoms with Crippen molar-refractivity contribution in [3.05, 3.63) is 34.4 Å². The molecule has 6 nitrogen and oxygen atoms in total. The number of hydrogen-bond acceptors (Lipinski definition) is 4. The summed E-state index contributed by atoms with van der Waals surface area (Å²) in [5.41, 5.74) is 0.539. The molecule has 0 bridgehead atoms. The Kier molecular flexibility index (Phi) is 3.45. The second-order valence-electron chi connectivity index (χ2n) is 4.37. The number of nitro groups is 1. The summed E-state index contributed by atoms with van der Waals surface area (Å²) in [6.45, 7) is 0.995. The van der Waals surface area contributed by atoms with Crippen LogP contribution in [-0.2, 0) is 4.79 Å². The van der Waals surface area contributed by atoms with Gasteiger partial charge in [0, 0.05) is 19.2 Å². The number of carbonyl (C=O) groups is 1. The Morgan fingerprint density at radius 3 is 2.83 bits per heavy atom. The summed E-state index contributed by atoms with van der Waals surface area (Å²) in [7, 11) is 0. The van der Waals surface area contributed by atoms with E-state index in [1.54, 1.807) is 23.1 Å². The fourth-order valence-electron chi connectivity index (χ4n) is 2.28. The Balaban J connectivity index is 2.26. The summed E-state index contributed by atoms with van der Waals surface area (Å²) in [5.74, 6) is -1.28. The van der Waals surface area contributed by atoms with Gasteiger partial charge in [-0.1, -0.05) is 12.1 Å². The van der Waals surface area contributed by atoms with E-state index in [2.05, 4.69) is 0 Å². The number of carboxylic acid groups (broad SMARTS) is 1. The van der Waals surface area contributed by atoms with Gasteiger partial charge in [-0.05, 0) is 18.9 Å². The lowest BCUT2D eigenvalue weighted by molar-refractivity contribution is -0.384. The second kappa shape index (κ2) is 5.03. The van der Waals surface area contributed by atoms with Crippen LogP contribution in [0.5, 0.6) is 0 Å². The molecule has 1 saturated heterocycles. The van der Waals surface area contributed by atoms with Crippen LogP contribution in [0.2, 0.25) is 0 Å². The molecule has 6 heteroatoms. The number of nitro benzene ring substituents is 1. The molecule has 0 radical (unpaired) electrons. The van der Waals surface area contributed by atoms with Gasteiger partial charge in [0.05, 0.1) is 10.8 Å². The Labute approximate surface area is 104 Å². The van der Waals surface area contributed by atoms with Crippen LogP contribution in [0.3, 0.4) is 0 Å². The van der Waals surface area contributed by atoms with E-state index in [4.69, 9.17) is 5.11 Å². The lowest BCUT2D eigenvalue weighted by atomic mass is 9.97. The lowest BCUT2D eigenvalue weighted by Crippen LogP contribution is -2.38. The molecule has 1 aromatic carbocycles. The average molecular weight is 250 g/mol. The molecule has 1 aliphatic rings. The largest absolute Gasteiger partial charge is 0.481 e. The van der Waals surface area contributed by atoms with Crippen LogP contribution in [0.1, 0.15) is 12.8 Å². The number of aliphatic carboxylic acids is 1. The molecule has 0 spiro atoms. The smallest absolute Gasteiger partial charge is 0.308 e. The van der Waals surface area contributed by atoms with E-state index in [1.807, 2.05) is 0 Å². The van der Waals surface area contributed by atoms with Crippen LogP contribution in [0.25, 0.3) is 0 Å². The highest BCUT2D eigenvalue weighted by atomic mass is 16.6. The first kappa shape index (κ1) is 12.3. The van der Waals surface area contributed by atoms with Gasteiger partial charge in [0.15, 0.2) is 0 Å². The number of piperidine rings is 1. The Bertz CT molecular complexity index is 475. The van der Waals surface area contributed by atoms with E-state index in [-0.39, 0.29) is 5.69 Å². The fraction of sp³-hybridized carbons (Fsp3) is 0.417. The standard InChI is InChI=1S/C12H14N2O4/c15-12(16)9-4-3-7-13(8-9)10-5-1-2-6-11(10)14(17)18/h1-2,5-6,9H,3-4,7-8H2,(H,15,16)/t9-/m1/s1. The van der Waals surface area contributed by atoms with Crippen molar-refractivity contribution in [2.75, 3.05) is 18.0 Å². The van der Waals surface area contributed by atoms with Crippen molar-refractivity contribution < 1.29 is 14.8 Å². The Morgan fingerprint density at radius 2 is 2.17 bits per heavy atom. The SMILES string of the molecule is O=C(O)[C@@H]1CCCN(c2ccccc2[N+](=O)[O-])C1. The summed E-state index contributed by atoms with van der Waals surface area (Å²) in [6.07, 6.45) is 1.37. The van der Waals surface area contributed by atoms with E-state index >= 15 is 0 Å². The van der Waals surface area contributed by atoms with Gasteiger partial charge >= 0.3 is 5.97 Å². The zero-order chi connectivity index (χ0) is 13.1. The Hall–Kier alpha value is -2.11. The first-order valence-electron chi connectivity index (χ1n) is 5.81. The van der Waals surface area contributed by atoms with Crippen LogP contribution in [-0.4, -0.2) is 29.1 Å². The summed E-state index contributed by atoms with van der Waals surface area (Å²) in [5, 5.41) is 20.0. The molecule has 1 atom stereocenters. The van der Waals surface area contributed by atoms with Crippen LogP contribution >= 0.6 is 0 Å². The van der Waals surface area contributed by atoms with E-state index < -0.39 is 16.8 Å². The average Bonchev–Trinajstić information content (AvgIpc) is 2.39. The van der Waals surface area contributed by atoms with Crippen molar-refractivity contribution in [2.24, 2.45) is 5.92 Å². The maximum Gasteiger partial charge on any atom is 0.308 e. The summed E-state index contributed by atoms with van der Waals surface area (Å²) < 4.78 is 0. The van der Waals surface area contributed by atoms with Crippen molar-refractivity contribution >= 4 is 17.3 Å². The molecule has 18 heavy (non-hydrogen) atoms. The molecule has 1 heterocycles. The van der Waals surface area contributed by atoms with E-state index in [9.17, 15) is 14.9 Å². The first-order valence-corrected chi connectivity index (χ1v) is 5.81. The second-order valence-corrected chi connectivity index (χ2v) is 4.37. The topological polar surface area (TPSA) is 83.7 Å². The summed E-state index contributed by atoms with van der Waals surface area (Å²) in [4.78, 5) is 23.3. The van der Waals surface area contributed by atoms with Gasteiger partial charge in [0.1, 0.15) is 5.69 Å². The van der Waals surface area contributed by atoms with Crippen LogP contribution in [0.15, 0.2) is 24.3 Å². The number of hydrogen-bond donors (Lipinski definition) is 1. The van der Waals surface area contributed by atoms with E-state index in [1.165, 1.54) is 6.07 Å². The number of nitrogens with zero attached hydrogens (tertiary/aromatic N) is 2. The van der Waals surface area contributed by atoms with Crippen molar-refractivity contribution in [2.45, 2.75) is 12.8 Å². The Morgan fingerprint density at radius 1 is 1.44 bits per heavy atom. The van der Waals surface area contributed by atoms with Crippen LogP contribution in [0, 0.1) is 16.0 Å². The van der Waals surface area contributed by atoms with Gasteiger partial charge in [-0.15, -0.1) is 0 Å². The maximum absolute atomic E-state index is 11.0. The highest BCUT2D eigenvalue weighted by molar-refractivity contribution is 5.72. The van der Waals surface area contributed by atoms with Crippen molar-refractivity contribution in [3.63, 3.8) is 0 Å². The van der Waals surface area contributed by atoms with Crippen LogP contribution in [0.4, 0.5) is 11.4 Å². The minimum Gasteiger partial charge on any atom is -0.481 e. The van der Waals surface area contributed by atoms with Gasteiger partial charge in [0.25, 0.3) is 5.69 Å². The predicted octanol–water partition coefficient (Wildman–Crippen LogP) is 1.90. The molecule has 1 N–H and O–H groups in total. The molecule has 0 amide bonds. The van der Waals surface area contributed by atoms with E-state index in [0.29, 0.717) is 25.2 Å². The molecule has 0 aliphatic carbocycles.